The van der Waals surface area contributed by atoms with Gasteiger partial charge in [-0.2, -0.15) is 23.4 Å². The van der Waals surface area contributed by atoms with Crippen LogP contribution in [-0.4, -0.2) is 49.3 Å². The molecule has 0 aliphatic carbocycles. The van der Waals surface area contributed by atoms with Crippen LogP contribution in [0.4, 0.5) is 13.2 Å². The average Bonchev–Trinajstić information content (AvgIpc) is 3.43. The number of carbonyl (C=O) groups excluding carboxylic acids is 1. The standard InChI is InChI=1S/C22H21F3N6O2/c1-4-30-15(9-10-26-30)13-29(2)21(32)18-12-20-27-17(14-5-7-16(33-3)8-6-14)11-19(22(23,24)25)31(20)28-18/h5-12H,4,13H2,1-3H3. The van der Waals surface area contributed by atoms with Gasteiger partial charge >= 0.3 is 6.18 Å². The first-order valence-corrected chi connectivity index (χ1v) is 10.1. The van der Waals surface area contributed by atoms with Crippen LogP contribution in [-0.2, 0) is 19.3 Å². The van der Waals surface area contributed by atoms with E-state index in [1.165, 1.54) is 18.1 Å². The van der Waals surface area contributed by atoms with Gasteiger partial charge in [-0.25, -0.2) is 9.50 Å². The van der Waals surface area contributed by atoms with E-state index < -0.39 is 17.8 Å². The van der Waals surface area contributed by atoms with Crippen LogP contribution >= 0.6 is 0 Å². The molecule has 4 rings (SSSR count). The number of rotatable bonds is 6. The molecule has 3 aromatic heterocycles. The van der Waals surface area contributed by atoms with Crippen molar-refractivity contribution in [3.63, 3.8) is 0 Å². The van der Waals surface area contributed by atoms with Gasteiger partial charge in [0, 0.05) is 31.4 Å². The molecule has 0 saturated carbocycles. The van der Waals surface area contributed by atoms with Gasteiger partial charge in [0.2, 0.25) is 0 Å². The number of hydrogen-bond acceptors (Lipinski definition) is 5. The number of methoxy groups -OCH3 is 1. The number of fused-ring (bicyclic) bond motifs is 1. The molecule has 0 unspecified atom stereocenters. The van der Waals surface area contributed by atoms with E-state index in [4.69, 9.17) is 4.74 Å². The molecule has 0 bridgehead atoms. The third-order valence-electron chi connectivity index (χ3n) is 5.17. The number of alkyl halides is 3. The molecule has 0 spiro atoms. The molecule has 4 aromatic rings. The van der Waals surface area contributed by atoms with E-state index in [1.54, 1.807) is 48.3 Å². The summed E-state index contributed by atoms with van der Waals surface area (Å²) < 4.78 is 49.0. The van der Waals surface area contributed by atoms with Gasteiger partial charge in [0.25, 0.3) is 5.91 Å². The summed E-state index contributed by atoms with van der Waals surface area (Å²) in [6, 6.07) is 10.5. The fourth-order valence-corrected chi connectivity index (χ4v) is 3.48. The van der Waals surface area contributed by atoms with Gasteiger partial charge in [0.15, 0.2) is 17.0 Å². The molecule has 8 nitrogen and oxygen atoms in total. The van der Waals surface area contributed by atoms with Crippen LogP contribution in [0.5, 0.6) is 5.75 Å². The summed E-state index contributed by atoms with van der Waals surface area (Å²) in [5.41, 5.74) is 0.146. The molecule has 0 atom stereocenters. The highest BCUT2D eigenvalue weighted by Gasteiger charge is 2.36. The maximum atomic E-state index is 13.8. The largest absolute Gasteiger partial charge is 0.497 e. The molecule has 0 fully saturated rings. The Labute approximate surface area is 187 Å². The Morgan fingerprint density at radius 3 is 2.52 bits per heavy atom. The summed E-state index contributed by atoms with van der Waals surface area (Å²) in [5.74, 6) is 0.0454. The van der Waals surface area contributed by atoms with E-state index in [0.717, 1.165) is 11.8 Å². The van der Waals surface area contributed by atoms with E-state index in [2.05, 4.69) is 15.2 Å². The lowest BCUT2D eigenvalue weighted by atomic mass is 10.1. The molecule has 172 valence electrons. The Balaban J connectivity index is 1.72. The minimum Gasteiger partial charge on any atom is -0.497 e. The number of benzene rings is 1. The van der Waals surface area contributed by atoms with Crippen LogP contribution in [0.2, 0.25) is 0 Å². The topological polar surface area (TPSA) is 77.5 Å². The maximum absolute atomic E-state index is 13.8. The SMILES string of the molecule is CCn1nccc1CN(C)C(=O)c1cc2nc(-c3ccc(OC)cc3)cc(C(F)(F)F)n2n1. The monoisotopic (exact) mass is 458 g/mol. The van der Waals surface area contributed by atoms with Gasteiger partial charge in [0.05, 0.1) is 25.0 Å². The van der Waals surface area contributed by atoms with Crippen molar-refractivity contribution in [2.75, 3.05) is 14.2 Å². The third kappa shape index (κ3) is 4.38. The van der Waals surface area contributed by atoms with Crippen LogP contribution in [0.3, 0.4) is 0 Å². The van der Waals surface area contributed by atoms with E-state index in [9.17, 15) is 18.0 Å². The highest BCUT2D eigenvalue weighted by atomic mass is 19.4. The smallest absolute Gasteiger partial charge is 0.433 e. The van der Waals surface area contributed by atoms with E-state index in [0.29, 0.717) is 22.4 Å². The number of amides is 1. The van der Waals surface area contributed by atoms with E-state index >= 15 is 0 Å². The number of nitrogens with zero attached hydrogens (tertiary/aromatic N) is 6. The Bertz CT molecular complexity index is 1290. The highest BCUT2D eigenvalue weighted by Crippen LogP contribution is 2.32. The Hall–Kier alpha value is -3.89. The molecule has 0 saturated heterocycles. The summed E-state index contributed by atoms with van der Waals surface area (Å²) in [7, 11) is 3.05. The highest BCUT2D eigenvalue weighted by molar-refractivity contribution is 5.93. The minimum absolute atomic E-state index is 0.0778. The lowest BCUT2D eigenvalue weighted by Crippen LogP contribution is -2.28. The zero-order chi connectivity index (χ0) is 23.8. The average molecular weight is 458 g/mol. The summed E-state index contributed by atoms with van der Waals surface area (Å²) in [4.78, 5) is 18.6. The van der Waals surface area contributed by atoms with Gasteiger partial charge in [-0.05, 0) is 43.3 Å². The first-order chi connectivity index (χ1) is 15.7. The number of aromatic nitrogens is 5. The molecule has 0 radical (unpaired) electrons. The maximum Gasteiger partial charge on any atom is 0.433 e. The molecule has 33 heavy (non-hydrogen) atoms. The van der Waals surface area contributed by atoms with Crippen LogP contribution in [0.15, 0.2) is 48.7 Å². The number of ether oxygens (including phenoxy) is 1. The van der Waals surface area contributed by atoms with Crippen molar-refractivity contribution in [2.45, 2.75) is 26.2 Å². The molecule has 1 amide bonds. The second-order valence-corrected chi connectivity index (χ2v) is 7.35. The molecule has 0 aliphatic heterocycles. The minimum atomic E-state index is -4.70. The van der Waals surface area contributed by atoms with Gasteiger partial charge in [-0.3, -0.25) is 9.48 Å². The first kappa shape index (κ1) is 22.3. The molecule has 0 aliphatic rings. The van der Waals surface area contributed by atoms with Crippen molar-refractivity contribution in [1.82, 2.24) is 29.3 Å². The van der Waals surface area contributed by atoms with Gasteiger partial charge in [0.1, 0.15) is 5.75 Å². The van der Waals surface area contributed by atoms with E-state index in [1.807, 2.05) is 6.92 Å². The number of hydrogen-bond donors (Lipinski definition) is 0. The van der Waals surface area contributed by atoms with Crippen molar-refractivity contribution in [3.8, 4) is 17.0 Å². The second kappa shape index (κ2) is 8.57. The van der Waals surface area contributed by atoms with Crippen LogP contribution in [0.1, 0.15) is 28.8 Å². The molecule has 11 heteroatoms. The fraction of sp³-hybridized carbons (Fsp3) is 0.273. The number of aryl methyl sites for hydroxylation is 1. The quantitative estimate of drug-likeness (QED) is 0.438. The van der Waals surface area contributed by atoms with Crippen LogP contribution < -0.4 is 4.74 Å². The Morgan fingerprint density at radius 1 is 1.15 bits per heavy atom. The predicted octanol–water partition coefficient (Wildman–Crippen LogP) is 3.91. The predicted molar refractivity (Wildman–Crippen MR) is 114 cm³/mol. The summed E-state index contributed by atoms with van der Waals surface area (Å²) in [5, 5.41) is 8.09. The van der Waals surface area contributed by atoms with Gasteiger partial charge < -0.3 is 9.64 Å². The second-order valence-electron chi connectivity index (χ2n) is 7.35. The molecule has 0 N–H and O–H groups in total. The zero-order valence-electron chi connectivity index (χ0n) is 18.2. The zero-order valence-corrected chi connectivity index (χ0v) is 18.2. The van der Waals surface area contributed by atoms with Gasteiger partial charge in [-0.1, -0.05) is 0 Å². The normalized spacial score (nSPS) is 11.7. The summed E-state index contributed by atoms with van der Waals surface area (Å²) in [6.07, 6.45) is -3.07. The Morgan fingerprint density at radius 2 is 1.88 bits per heavy atom. The summed E-state index contributed by atoms with van der Waals surface area (Å²) >= 11 is 0. The lowest BCUT2D eigenvalue weighted by Gasteiger charge is -2.16. The van der Waals surface area contributed by atoms with Crippen LogP contribution in [0.25, 0.3) is 16.9 Å². The van der Waals surface area contributed by atoms with Crippen molar-refractivity contribution in [3.05, 3.63) is 65.7 Å². The molecule has 3 heterocycles. The summed E-state index contributed by atoms with van der Waals surface area (Å²) in [6.45, 7) is 2.79. The van der Waals surface area contributed by atoms with Crippen molar-refractivity contribution >= 4 is 11.6 Å². The van der Waals surface area contributed by atoms with Crippen molar-refractivity contribution < 1.29 is 22.7 Å². The first-order valence-electron chi connectivity index (χ1n) is 10.1. The molecule has 1 aromatic carbocycles. The van der Waals surface area contributed by atoms with Crippen molar-refractivity contribution in [1.29, 1.82) is 0 Å². The number of carbonyl (C=O) groups is 1. The molecular weight excluding hydrogens is 437 g/mol. The van der Waals surface area contributed by atoms with Crippen molar-refractivity contribution in [2.24, 2.45) is 0 Å². The Kier molecular flexibility index (Phi) is 5.79. The van der Waals surface area contributed by atoms with Crippen LogP contribution in [0, 0.1) is 0 Å². The fourth-order valence-electron chi connectivity index (χ4n) is 3.48. The third-order valence-corrected chi connectivity index (χ3v) is 5.17. The van der Waals surface area contributed by atoms with E-state index in [-0.39, 0.29) is 23.6 Å². The lowest BCUT2D eigenvalue weighted by molar-refractivity contribution is -0.142. The number of halogens is 3. The van der Waals surface area contributed by atoms with Gasteiger partial charge in [-0.15, -0.1) is 0 Å². The molecular formula is C22H21F3N6O2.